The van der Waals surface area contributed by atoms with Crippen LogP contribution in [0.1, 0.15) is 5.56 Å². The van der Waals surface area contributed by atoms with Gasteiger partial charge in [0.05, 0.1) is 0 Å². The molecule has 0 saturated carbocycles. The van der Waals surface area contributed by atoms with Gasteiger partial charge in [-0.2, -0.15) is 4.98 Å². The summed E-state index contributed by atoms with van der Waals surface area (Å²) in [5, 5.41) is 4.19. The maximum absolute atomic E-state index is 5.51. The minimum atomic E-state index is 0.242. The van der Waals surface area contributed by atoms with Gasteiger partial charge in [0.2, 0.25) is 5.28 Å². The van der Waals surface area contributed by atoms with Gasteiger partial charge < -0.3 is 0 Å². The average molecular weight is 153 g/mol. The first kappa shape index (κ1) is 5.68. The lowest BCUT2D eigenvalue weighted by Gasteiger charge is -1.93. The van der Waals surface area contributed by atoms with Gasteiger partial charge in [-0.3, -0.25) is 0 Å². The summed E-state index contributed by atoms with van der Waals surface area (Å²) in [6.07, 6.45) is 5.17. The standard InChI is InChI=1S/C6H3ClN3/c7-6-9-3-4-1-2-8-5(4)10-6/h1-3H. The second kappa shape index (κ2) is 1.95. The Balaban J connectivity index is 2.59. The molecule has 1 aliphatic heterocycles. The molecule has 1 aromatic heterocycles. The summed E-state index contributed by atoms with van der Waals surface area (Å²) < 4.78 is 0. The Morgan fingerprint density at radius 2 is 2.30 bits per heavy atom. The molecule has 0 aromatic carbocycles. The zero-order chi connectivity index (χ0) is 6.97. The molecule has 1 aliphatic rings. The van der Waals surface area contributed by atoms with E-state index in [2.05, 4.69) is 15.3 Å². The van der Waals surface area contributed by atoms with Crippen LogP contribution in [0.4, 0.5) is 5.82 Å². The van der Waals surface area contributed by atoms with Crippen LogP contribution in [-0.4, -0.2) is 9.97 Å². The van der Waals surface area contributed by atoms with Crippen molar-refractivity contribution in [3.8, 4) is 0 Å². The smallest absolute Gasteiger partial charge is 0.224 e. The van der Waals surface area contributed by atoms with E-state index in [0.717, 1.165) is 5.56 Å². The van der Waals surface area contributed by atoms with Gasteiger partial charge in [-0.25, -0.2) is 10.3 Å². The molecule has 0 spiro atoms. The van der Waals surface area contributed by atoms with Gasteiger partial charge in [0, 0.05) is 18.0 Å². The Morgan fingerprint density at radius 3 is 3.20 bits per heavy atom. The maximum atomic E-state index is 5.51. The molecule has 0 aliphatic carbocycles. The van der Waals surface area contributed by atoms with E-state index in [1.165, 1.54) is 0 Å². The number of rotatable bonds is 0. The van der Waals surface area contributed by atoms with Crippen LogP contribution in [0.25, 0.3) is 6.08 Å². The molecule has 0 unspecified atom stereocenters. The molecule has 2 heterocycles. The number of fused-ring (bicyclic) bond motifs is 1. The third-order valence-corrected chi connectivity index (χ3v) is 1.40. The first-order valence-corrected chi connectivity index (χ1v) is 3.14. The molecule has 2 rings (SSSR count). The number of nitrogens with zero attached hydrogens (tertiary/aromatic N) is 3. The number of hydrogen-bond donors (Lipinski definition) is 0. The summed E-state index contributed by atoms with van der Waals surface area (Å²) in [6.45, 7) is 0. The van der Waals surface area contributed by atoms with Crippen molar-refractivity contribution >= 4 is 23.5 Å². The molecule has 0 N–H and O–H groups in total. The lowest BCUT2D eigenvalue weighted by atomic mass is 10.3. The predicted octanol–water partition coefficient (Wildman–Crippen LogP) is 1.35. The topological polar surface area (TPSA) is 39.9 Å². The summed E-state index contributed by atoms with van der Waals surface area (Å²) in [6, 6.07) is 0. The zero-order valence-electron chi connectivity index (χ0n) is 4.95. The Bertz CT molecular complexity index is 295. The average Bonchev–Trinajstić information content (AvgIpc) is 2.33. The number of halogens is 1. The fraction of sp³-hybridized carbons (Fsp3) is 0. The van der Waals surface area contributed by atoms with Crippen LogP contribution in [-0.2, 0) is 0 Å². The van der Waals surface area contributed by atoms with E-state index in [9.17, 15) is 0 Å². The number of aromatic nitrogens is 2. The molecule has 49 valence electrons. The highest BCUT2D eigenvalue weighted by molar-refractivity contribution is 6.28. The highest BCUT2D eigenvalue weighted by Gasteiger charge is 2.07. The Hall–Kier alpha value is -1.09. The van der Waals surface area contributed by atoms with E-state index in [4.69, 9.17) is 11.6 Å². The summed E-state index contributed by atoms with van der Waals surface area (Å²) in [4.78, 5) is 7.67. The molecular formula is C6H3ClN3. The normalized spacial score (nSPS) is 12.9. The van der Waals surface area contributed by atoms with Crippen LogP contribution in [0.2, 0.25) is 5.28 Å². The molecular weight excluding hydrogens is 150 g/mol. The fourth-order valence-corrected chi connectivity index (χ4v) is 0.899. The molecule has 0 fully saturated rings. The molecule has 4 heteroatoms. The van der Waals surface area contributed by atoms with E-state index in [1.54, 1.807) is 12.4 Å². The lowest BCUT2D eigenvalue weighted by molar-refractivity contribution is 1.07. The van der Waals surface area contributed by atoms with Gasteiger partial charge in [0.15, 0.2) is 5.82 Å². The van der Waals surface area contributed by atoms with Crippen molar-refractivity contribution < 1.29 is 0 Å². The predicted molar refractivity (Wildman–Crippen MR) is 37.9 cm³/mol. The van der Waals surface area contributed by atoms with Crippen molar-refractivity contribution in [2.75, 3.05) is 0 Å². The second-order valence-electron chi connectivity index (χ2n) is 1.86. The first-order chi connectivity index (χ1) is 4.86. The highest BCUT2D eigenvalue weighted by atomic mass is 35.5. The molecule has 3 nitrogen and oxygen atoms in total. The second-order valence-corrected chi connectivity index (χ2v) is 2.20. The molecule has 0 amide bonds. The van der Waals surface area contributed by atoms with Gasteiger partial charge in [0.1, 0.15) is 0 Å². The monoisotopic (exact) mass is 152 g/mol. The van der Waals surface area contributed by atoms with Crippen molar-refractivity contribution in [3.63, 3.8) is 0 Å². The van der Waals surface area contributed by atoms with Crippen LogP contribution >= 0.6 is 11.6 Å². The van der Waals surface area contributed by atoms with Crippen LogP contribution in [0.3, 0.4) is 0 Å². The summed E-state index contributed by atoms with van der Waals surface area (Å²) in [5.41, 5.74) is 0.921. The summed E-state index contributed by atoms with van der Waals surface area (Å²) >= 11 is 5.51. The van der Waals surface area contributed by atoms with E-state index < -0.39 is 0 Å². The van der Waals surface area contributed by atoms with Crippen molar-refractivity contribution in [3.05, 3.63) is 23.2 Å². The van der Waals surface area contributed by atoms with E-state index >= 15 is 0 Å². The zero-order valence-corrected chi connectivity index (χ0v) is 5.71. The molecule has 0 saturated heterocycles. The summed E-state index contributed by atoms with van der Waals surface area (Å²) in [7, 11) is 0. The van der Waals surface area contributed by atoms with Gasteiger partial charge in [0.25, 0.3) is 0 Å². The Kier molecular flexibility index (Phi) is 1.11. The largest absolute Gasteiger partial charge is 0.236 e. The van der Waals surface area contributed by atoms with Crippen LogP contribution in [0.5, 0.6) is 0 Å². The lowest BCUT2D eigenvalue weighted by Crippen LogP contribution is -1.89. The molecule has 0 atom stereocenters. The van der Waals surface area contributed by atoms with Gasteiger partial charge in [-0.1, -0.05) is 0 Å². The third kappa shape index (κ3) is 0.752. The van der Waals surface area contributed by atoms with E-state index in [0.29, 0.717) is 5.82 Å². The fourth-order valence-electron chi connectivity index (χ4n) is 0.770. The molecule has 0 bridgehead atoms. The summed E-state index contributed by atoms with van der Waals surface area (Å²) in [5.74, 6) is 0.653. The highest BCUT2D eigenvalue weighted by Crippen LogP contribution is 2.20. The van der Waals surface area contributed by atoms with Crippen LogP contribution in [0.15, 0.2) is 12.4 Å². The first-order valence-electron chi connectivity index (χ1n) is 2.76. The van der Waals surface area contributed by atoms with Gasteiger partial charge >= 0.3 is 0 Å². The van der Waals surface area contributed by atoms with E-state index in [1.807, 2.05) is 6.08 Å². The third-order valence-electron chi connectivity index (χ3n) is 1.22. The van der Waals surface area contributed by atoms with Crippen LogP contribution < -0.4 is 5.32 Å². The Morgan fingerprint density at radius 1 is 1.40 bits per heavy atom. The van der Waals surface area contributed by atoms with Crippen molar-refractivity contribution in [2.24, 2.45) is 0 Å². The molecule has 1 radical (unpaired) electrons. The van der Waals surface area contributed by atoms with E-state index in [-0.39, 0.29) is 5.28 Å². The van der Waals surface area contributed by atoms with Crippen molar-refractivity contribution in [1.82, 2.24) is 15.3 Å². The van der Waals surface area contributed by atoms with Crippen molar-refractivity contribution in [1.29, 1.82) is 0 Å². The SMILES string of the molecule is Clc1ncc2c(n1)[N]C=C2. The molecule has 10 heavy (non-hydrogen) atoms. The molecule has 1 aromatic rings. The minimum absolute atomic E-state index is 0.242. The van der Waals surface area contributed by atoms with Gasteiger partial charge in [-0.15, -0.1) is 0 Å². The van der Waals surface area contributed by atoms with Gasteiger partial charge in [-0.05, 0) is 17.7 Å². The number of hydrogen-bond acceptors (Lipinski definition) is 2. The maximum Gasteiger partial charge on any atom is 0.224 e. The quantitative estimate of drug-likeness (QED) is 0.527. The van der Waals surface area contributed by atoms with Crippen molar-refractivity contribution in [2.45, 2.75) is 0 Å². The minimum Gasteiger partial charge on any atom is -0.236 e. The van der Waals surface area contributed by atoms with Crippen LogP contribution in [0, 0.1) is 0 Å². The Labute approximate surface area is 62.8 Å².